The predicted molar refractivity (Wildman–Crippen MR) is 76.8 cm³/mol. The fraction of sp³-hybridized carbons (Fsp3) is 0.647. The Balaban J connectivity index is 1.84. The number of hydrogen-bond acceptors (Lipinski definition) is 1. The van der Waals surface area contributed by atoms with Gasteiger partial charge < -0.3 is 4.90 Å². The first kappa shape index (κ1) is 12.2. The standard InChI is InChI=1S/C17H25N/c1-2-12-18-13-11-17(10-6-9-16(17)14-18)15-7-4-3-5-8-15/h3-5,7-8,16H,2,6,9-14H2,1H3. The predicted octanol–water partition coefficient (Wildman–Crippen LogP) is 3.84. The molecule has 1 aliphatic carbocycles. The maximum Gasteiger partial charge on any atom is 0.00182 e. The summed E-state index contributed by atoms with van der Waals surface area (Å²) in [5, 5.41) is 0. The van der Waals surface area contributed by atoms with E-state index < -0.39 is 0 Å². The fourth-order valence-electron chi connectivity index (χ4n) is 4.31. The van der Waals surface area contributed by atoms with Crippen molar-refractivity contribution in [3.05, 3.63) is 35.9 Å². The lowest BCUT2D eigenvalue weighted by molar-refractivity contribution is 0.111. The van der Waals surface area contributed by atoms with Crippen LogP contribution in [-0.2, 0) is 5.41 Å². The molecule has 1 heterocycles. The van der Waals surface area contributed by atoms with Crippen molar-refractivity contribution < 1.29 is 0 Å². The van der Waals surface area contributed by atoms with E-state index >= 15 is 0 Å². The number of nitrogens with zero attached hydrogens (tertiary/aromatic N) is 1. The maximum atomic E-state index is 2.69. The highest BCUT2D eigenvalue weighted by Gasteiger charge is 2.46. The zero-order valence-electron chi connectivity index (χ0n) is 11.6. The molecule has 2 aliphatic rings. The number of piperidine rings is 1. The van der Waals surface area contributed by atoms with Crippen LogP contribution in [0.4, 0.5) is 0 Å². The maximum absolute atomic E-state index is 2.69. The first-order valence-electron chi connectivity index (χ1n) is 7.63. The molecule has 18 heavy (non-hydrogen) atoms. The van der Waals surface area contributed by atoms with Crippen LogP contribution in [0.3, 0.4) is 0 Å². The lowest BCUT2D eigenvalue weighted by Gasteiger charge is -2.45. The van der Waals surface area contributed by atoms with E-state index in [0.717, 1.165) is 5.92 Å². The topological polar surface area (TPSA) is 3.24 Å². The van der Waals surface area contributed by atoms with Crippen molar-refractivity contribution in [2.24, 2.45) is 5.92 Å². The van der Waals surface area contributed by atoms with Gasteiger partial charge in [0.1, 0.15) is 0 Å². The summed E-state index contributed by atoms with van der Waals surface area (Å²) in [4.78, 5) is 2.69. The molecule has 1 saturated carbocycles. The molecule has 2 atom stereocenters. The monoisotopic (exact) mass is 243 g/mol. The molecular weight excluding hydrogens is 218 g/mol. The van der Waals surface area contributed by atoms with E-state index in [2.05, 4.69) is 42.2 Å². The Bertz CT molecular complexity index is 386. The van der Waals surface area contributed by atoms with E-state index in [0.29, 0.717) is 5.41 Å². The molecule has 98 valence electrons. The van der Waals surface area contributed by atoms with Crippen molar-refractivity contribution in [3.8, 4) is 0 Å². The molecule has 1 aromatic rings. The lowest BCUT2D eigenvalue weighted by Crippen LogP contribution is -2.47. The largest absolute Gasteiger partial charge is 0.303 e. The molecule has 0 N–H and O–H groups in total. The minimum Gasteiger partial charge on any atom is -0.303 e. The molecule has 0 spiro atoms. The SMILES string of the molecule is CCCN1CCC2(c3ccccc3)CCCC2C1. The van der Waals surface area contributed by atoms with Gasteiger partial charge in [-0.1, -0.05) is 43.7 Å². The van der Waals surface area contributed by atoms with E-state index in [-0.39, 0.29) is 0 Å². The smallest absolute Gasteiger partial charge is 0.00182 e. The van der Waals surface area contributed by atoms with Gasteiger partial charge in [0.25, 0.3) is 0 Å². The minimum absolute atomic E-state index is 0.519. The van der Waals surface area contributed by atoms with Gasteiger partial charge >= 0.3 is 0 Å². The van der Waals surface area contributed by atoms with Gasteiger partial charge in [-0.05, 0) is 50.3 Å². The highest BCUT2D eigenvalue weighted by molar-refractivity contribution is 5.29. The van der Waals surface area contributed by atoms with Crippen molar-refractivity contribution in [1.29, 1.82) is 0 Å². The molecule has 2 unspecified atom stereocenters. The van der Waals surface area contributed by atoms with Gasteiger partial charge in [-0.2, -0.15) is 0 Å². The van der Waals surface area contributed by atoms with Crippen molar-refractivity contribution in [2.75, 3.05) is 19.6 Å². The summed E-state index contributed by atoms with van der Waals surface area (Å²) in [5.74, 6) is 0.903. The minimum atomic E-state index is 0.519. The number of hydrogen-bond donors (Lipinski definition) is 0. The summed E-state index contributed by atoms with van der Waals surface area (Å²) in [6.45, 7) is 6.23. The molecule has 1 heteroatoms. The van der Waals surface area contributed by atoms with Crippen LogP contribution >= 0.6 is 0 Å². The third-order valence-corrected chi connectivity index (χ3v) is 5.20. The molecule has 3 rings (SSSR count). The average Bonchev–Trinajstić information content (AvgIpc) is 2.84. The average molecular weight is 243 g/mol. The van der Waals surface area contributed by atoms with Crippen molar-refractivity contribution in [3.63, 3.8) is 0 Å². The van der Waals surface area contributed by atoms with Crippen LogP contribution in [-0.4, -0.2) is 24.5 Å². The Morgan fingerprint density at radius 2 is 2.06 bits per heavy atom. The number of fused-ring (bicyclic) bond motifs is 1. The highest BCUT2D eigenvalue weighted by Crippen LogP contribution is 2.50. The highest BCUT2D eigenvalue weighted by atomic mass is 15.1. The van der Waals surface area contributed by atoms with Gasteiger partial charge in [0.05, 0.1) is 0 Å². The van der Waals surface area contributed by atoms with Gasteiger partial charge in [0.15, 0.2) is 0 Å². The number of benzene rings is 1. The molecule has 1 nitrogen and oxygen atoms in total. The molecule has 1 saturated heterocycles. The van der Waals surface area contributed by atoms with Gasteiger partial charge in [0, 0.05) is 12.0 Å². The molecule has 0 bridgehead atoms. The number of likely N-dealkylation sites (tertiary alicyclic amines) is 1. The second-order valence-corrected chi connectivity index (χ2v) is 6.16. The Kier molecular flexibility index (Phi) is 3.43. The Morgan fingerprint density at radius 1 is 1.22 bits per heavy atom. The molecule has 0 aromatic heterocycles. The summed E-state index contributed by atoms with van der Waals surface area (Å²) in [5.41, 5.74) is 2.13. The second kappa shape index (κ2) is 5.05. The normalized spacial score (nSPS) is 32.4. The van der Waals surface area contributed by atoms with E-state index in [1.54, 1.807) is 5.56 Å². The molecular formula is C17H25N. The number of rotatable bonds is 3. The molecule has 0 amide bonds. The van der Waals surface area contributed by atoms with E-state index in [1.165, 1.54) is 51.7 Å². The van der Waals surface area contributed by atoms with Gasteiger partial charge in [-0.25, -0.2) is 0 Å². The van der Waals surface area contributed by atoms with Gasteiger partial charge in [-0.3, -0.25) is 0 Å². The quantitative estimate of drug-likeness (QED) is 0.779. The van der Waals surface area contributed by atoms with Crippen molar-refractivity contribution >= 4 is 0 Å². The van der Waals surface area contributed by atoms with E-state index in [4.69, 9.17) is 0 Å². The Labute approximate surface area is 111 Å². The fourth-order valence-corrected chi connectivity index (χ4v) is 4.31. The molecule has 0 radical (unpaired) electrons. The first-order valence-corrected chi connectivity index (χ1v) is 7.63. The first-order chi connectivity index (χ1) is 8.85. The van der Waals surface area contributed by atoms with Crippen LogP contribution < -0.4 is 0 Å². The van der Waals surface area contributed by atoms with Crippen LogP contribution in [0.5, 0.6) is 0 Å². The van der Waals surface area contributed by atoms with Crippen molar-refractivity contribution in [1.82, 2.24) is 4.90 Å². The second-order valence-electron chi connectivity index (χ2n) is 6.16. The third kappa shape index (κ3) is 1.99. The van der Waals surface area contributed by atoms with E-state index in [9.17, 15) is 0 Å². The molecule has 2 fully saturated rings. The van der Waals surface area contributed by atoms with Crippen LogP contribution in [0.1, 0.15) is 44.6 Å². The zero-order valence-corrected chi connectivity index (χ0v) is 11.6. The van der Waals surface area contributed by atoms with Crippen LogP contribution in [0.15, 0.2) is 30.3 Å². The van der Waals surface area contributed by atoms with Gasteiger partial charge in [0.2, 0.25) is 0 Å². The van der Waals surface area contributed by atoms with Crippen molar-refractivity contribution in [2.45, 2.75) is 44.4 Å². The summed E-state index contributed by atoms with van der Waals surface area (Å²) in [7, 11) is 0. The Morgan fingerprint density at radius 3 is 2.83 bits per heavy atom. The summed E-state index contributed by atoms with van der Waals surface area (Å²) < 4.78 is 0. The van der Waals surface area contributed by atoms with Crippen LogP contribution in [0.25, 0.3) is 0 Å². The van der Waals surface area contributed by atoms with Crippen LogP contribution in [0, 0.1) is 5.92 Å². The molecule has 1 aromatic carbocycles. The van der Waals surface area contributed by atoms with Crippen LogP contribution in [0.2, 0.25) is 0 Å². The zero-order chi connectivity index (χ0) is 12.4. The molecule has 1 aliphatic heterocycles. The van der Waals surface area contributed by atoms with E-state index in [1.807, 2.05) is 0 Å². The lowest BCUT2D eigenvalue weighted by atomic mass is 9.68. The summed E-state index contributed by atoms with van der Waals surface area (Å²) in [6.07, 6.45) is 6.96. The van der Waals surface area contributed by atoms with Gasteiger partial charge in [-0.15, -0.1) is 0 Å². The third-order valence-electron chi connectivity index (χ3n) is 5.20. The Hall–Kier alpha value is -0.820. The summed E-state index contributed by atoms with van der Waals surface area (Å²) in [6, 6.07) is 11.3. The summed E-state index contributed by atoms with van der Waals surface area (Å²) >= 11 is 0.